The molecule has 0 aliphatic rings. The smallest absolute Gasteiger partial charge is 0.389 e. The summed E-state index contributed by atoms with van der Waals surface area (Å²) in [6, 6.07) is 5.62. The van der Waals surface area contributed by atoms with Gasteiger partial charge in [-0.1, -0.05) is 33.6 Å². The van der Waals surface area contributed by atoms with Crippen LogP contribution >= 0.6 is 15.9 Å². The third-order valence-corrected chi connectivity index (χ3v) is 2.83. The summed E-state index contributed by atoms with van der Waals surface area (Å²) < 4.78 is 41.1. The van der Waals surface area contributed by atoms with Crippen molar-refractivity contribution in [2.75, 3.05) is 6.61 Å². The van der Waals surface area contributed by atoms with Gasteiger partial charge in [-0.3, -0.25) is 0 Å². The Bertz CT molecular complexity index is 363. The number of benzene rings is 1. The van der Waals surface area contributed by atoms with Crippen LogP contribution in [0.1, 0.15) is 24.0 Å². The zero-order chi connectivity index (χ0) is 12.9. The van der Waals surface area contributed by atoms with Crippen molar-refractivity contribution in [1.29, 1.82) is 0 Å². The Morgan fingerprint density at radius 1 is 1.29 bits per heavy atom. The average Bonchev–Trinajstić information content (AvgIpc) is 2.24. The second-order valence-corrected chi connectivity index (χ2v) is 4.37. The lowest BCUT2D eigenvalue weighted by molar-refractivity contribution is -0.136. The van der Waals surface area contributed by atoms with Gasteiger partial charge in [0.2, 0.25) is 0 Å². The highest BCUT2D eigenvalue weighted by molar-refractivity contribution is 9.08. The van der Waals surface area contributed by atoms with Gasteiger partial charge in [0, 0.05) is 17.3 Å². The Morgan fingerprint density at radius 3 is 2.59 bits per heavy atom. The molecule has 1 aromatic rings. The fraction of sp³-hybridized carbons (Fsp3) is 0.500. The van der Waals surface area contributed by atoms with Crippen molar-refractivity contribution in [3.63, 3.8) is 0 Å². The van der Waals surface area contributed by atoms with Gasteiger partial charge in [0.15, 0.2) is 0 Å². The number of halogens is 4. The summed E-state index contributed by atoms with van der Waals surface area (Å²) in [5, 5.41) is 0.628. The van der Waals surface area contributed by atoms with Crippen LogP contribution in [0, 0.1) is 6.92 Å². The van der Waals surface area contributed by atoms with Crippen LogP contribution in [0.5, 0.6) is 5.75 Å². The Labute approximate surface area is 107 Å². The number of aryl methyl sites for hydroxylation is 1. The zero-order valence-electron chi connectivity index (χ0n) is 9.48. The molecule has 0 saturated heterocycles. The second kappa shape index (κ2) is 6.28. The van der Waals surface area contributed by atoms with E-state index in [0.29, 0.717) is 11.1 Å². The van der Waals surface area contributed by atoms with E-state index in [0.717, 1.165) is 11.1 Å². The van der Waals surface area contributed by atoms with Crippen molar-refractivity contribution in [2.45, 2.75) is 31.3 Å². The molecule has 0 aliphatic carbocycles. The quantitative estimate of drug-likeness (QED) is 0.570. The van der Waals surface area contributed by atoms with Gasteiger partial charge in [0.05, 0.1) is 6.61 Å². The SMILES string of the molecule is Cc1ccc(OCCCC(F)(F)F)c(CBr)c1. The molecule has 0 unspecified atom stereocenters. The van der Waals surface area contributed by atoms with Crippen molar-refractivity contribution >= 4 is 15.9 Å². The molecule has 1 nitrogen and oxygen atoms in total. The lowest BCUT2D eigenvalue weighted by Gasteiger charge is -2.11. The fourth-order valence-corrected chi connectivity index (χ4v) is 1.85. The molecule has 5 heteroatoms. The molecule has 0 atom stereocenters. The first-order valence-electron chi connectivity index (χ1n) is 5.27. The van der Waals surface area contributed by atoms with E-state index >= 15 is 0 Å². The van der Waals surface area contributed by atoms with E-state index in [1.165, 1.54) is 0 Å². The third-order valence-electron chi connectivity index (χ3n) is 2.22. The molecule has 0 bridgehead atoms. The maximum Gasteiger partial charge on any atom is 0.389 e. The Morgan fingerprint density at radius 2 is 2.00 bits per heavy atom. The van der Waals surface area contributed by atoms with Crippen LogP contribution in [-0.4, -0.2) is 12.8 Å². The van der Waals surface area contributed by atoms with Crippen LogP contribution in [0.25, 0.3) is 0 Å². The van der Waals surface area contributed by atoms with E-state index < -0.39 is 12.6 Å². The summed E-state index contributed by atoms with van der Waals surface area (Å²) >= 11 is 3.32. The van der Waals surface area contributed by atoms with Gasteiger partial charge in [-0.2, -0.15) is 13.2 Å². The highest BCUT2D eigenvalue weighted by atomic mass is 79.9. The van der Waals surface area contributed by atoms with Crippen molar-refractivity contribution in [1.82, 2.24) is 0 Å². The molecule has 0 spiro atoms. The van der Waals surface area contributed by atoms with Crippen LogP contribution in [0.2, 0.25) is 0 Å². The largest absolute Gasteiger partial charge is 0.493 e. The number of hydrogen-bond acceptors (Lipinski definition) is 1. The lowest BCUT2D eigenvalue weighted by atomic mass is 10.1. The number of hydrogen-bond donors (Lipinski definition) is 0. The second-order valence-electron chi connectivity index (χ2n) is 3.81. The summed E-state index contributed by atoms with van der Waals surface area (Å²) in [6.45, 7) is 2.04. The first-order valence-corrected chi connectivity index (χ1v) is 6.39. The molecule has 0 heterocycles. The molecule has 0 fully saturated rings. The zero-order valence-corrected chi connectivity index (χ0v) is 11.1. The van der Waals surface area contributed by atoms with Gasteiger partial charge >= 0.3 is 6.18 Å². The summed E-state index contributed by atoms with van der Waals surface area (Å²) in [4.78, 5) is 0. The average molecular weight is 311 g/mol. The fourth-order valence-electron chi connectivity index (χ4n) is 1.41. The van der Waals surface area contributed by atoms with Crippen LogP contribution in [0.15, 0.2) is 18.2 Å². The van der Waals surface area contributed by atoms with Crippen LogP contribution in [0.3, 0.4) is 0 Å². The van der Waals surface area contributed by atoms with Gasteiger partial charge in [-0.05, 0) is 19.4 Å². The summed E-state index contributed by atoms with van der Waals surface area (Å²) in [6.07, 6.45) is -4.92. The number of ether oxygens (including phenoxy) is 1. The normalized spacial score (nSPS) is 11.6. The van der Waals surface area contributed by atoms with Crippen LogP contribution in [-0.2, 0) is 5.33 Å². The first-order chi connectivity index (χ1) is 7.92. The molecule has 0 saturated carbocycles. The molecule has 0 radical (unpaired) electrons. The van der Waals surface area contributed by atoms with Crippen LogP contribution in [0.4, 0.5) is 13.2 Å². The summed E-state index contributed by atoms with van der Waals surface area (Å²) in [7, 11) is 0. The molecule has 17 heavy (non-hydrogen) atoms. The van der Waals surface area contributed by atoms with E-state index in [9.17, 15) is 13.2 Å². The molecular weight excluding hydrogens is 297 g/mol. The minimum Gasteiger partial charge on any atom is -0.493 e. The van der Waals surface area contributed by atoms with E-state index in [2.05, 4.69) is 15.9 Å². The first kappa shape index (κ1) is 14.4. The summed E-state index contributed by atoms with van der Waals surface area (Å²) in [5.74, 6) is 0.648. The van der Waals surface area contributed by atoms with Gasteiger partial charge in [0.25, 0.3) is 0 Å². The molecule has 0 aromatic heterocycles. The van der Waals surface area contributed by atoms with E-state index in [-0.39, 0.29) is 13.0 Å². The Hall–Kier alpha value is -0.710. The maximum absolute atomic E-state index is 11.9. The van der Waals surface area contributed by atoms with E-state index in [1.54, 1.807) is 6.07 Å². The van der Waals surface area contributed by atoms with Gasteiger partial charge in [-0.25, -0.2) is 0 Å². The summed E-state index contributed by atoms with van der Waals surface area (Å²) in [5.41, 5.74) is 2.05. The molecule has 1 aromatic carbocycles. The van der Waals surface area contributed by atoms with Crippen molar-refractivity contribution < 1.29 is 17.9 Å². The van der Waals surface area contributed by atoms with Crippen molar-refractivity contribution in [3.8, 4) is 5.75 Å². The number of alkyl halides is 4. The minimum atomic E-state index is -4.10. The van der Waals surface area contributed by atoms with Crippen molar-refractivity contribution in [2.24, 2.45) is 0 Å². The number of rotatable bonds is 5. The lowest BCUT2D eigenvalue weighted by Crippen LogP contribution is -2.10. The van der Waals surface area contributed by atoms with E-state index in [4.69, 9.17) is 4.74 Å². The van der Waals surface area contributed by atoms with Gasteiger partial charge in [0.1, 0.15) is 5.75 Å². The highest BCUT2D eigenvalue weighted by Crippen LogP contribution is 2.24. The molecular formula is C12H14BrF3O. The standard InChI is InChI=1S/C12H14BrF3O/c1-9-3-4-11(10(7-9)8-13)17-6-2-5-12(14,15)16/h3-4,7H,2,5-6,8H2,1H3. The Kier molecular flexibility index (Phi) is 5.31. The van der Waals surface area contributed by atoms with Crippen LogP contribution < -0.4 is 4.74 Å². The minimum absolute atomic E-state index is 0.0148. The van der Waals surface area contributed by atoms with Crippen molar-refractivity contribution in [3.05, 3.63) is 29.3 Å². The topological polar surface area (TPSA) is 9.23 Å². The van der Waals surface area contributed by atoms with Gasteiger partial charge < -0.3 is 4.74 Å². The van der Waals surface area contributed by atoms with Gasteiger partial charge in [-0.15, -0.1) is 0 Å². The third kappa shape index (κ3) is 5.44. The van der Waals surface area contributed by atoms with E-state index in [1.807, 2.05) is 19.1 Å². The predicted molar refractivity (Wildman–Crippen MR) is 64.6 cm³/mol. The predicted octanol–water partition coefficient (Wildman–Crippen LogP) is 4.61. The maximum atomic E-state index is 11.9. The molecule has 1 rings (SSSR count). The molecule has 0 N–H and O–H groups in total. The monoisotopic (exact) mass is 310 g/mol. The molecule has 0 aliphatic heterocycles. The Balaban J connectivity index is 2.46. The molecule has 0 amide bonds. The molecule has 96 valence electrons. The highest BCUT2D eigenvalue weighted by Gasteiger charge is 2.26.